The number of benzene rings is 2. The molecular weight excluding hydrogens is 232 g/mol. The Balaban J connectivity index is 2.15. The second-order valence-corrected chi connectivity index (χ2v) is 4.78. The Labute approximate surface area is 113 Å². The lowest BCUT2D eigenvalue weighted by atomic mass is 10.2. The molecule has 2 aromatic carbocycles. The molecule has 0 saturated carbocycles. The van der Waals surface area contributed by atoms with Crippen LogP contribution in [0.5, 0.6) is 0 Å². The summed E-state index contributed by atoms with van der Waals surface area (Å²) < 4.78 is 2.14. The molecule has 94 valence electrons. The molecule has 3 aromatic rings. The van der Waals surface area contributed by atoms with E-state index >= 15 is 0 Å². The first kappa shape index (κ1) is 11.7. The summed E-state index contributed by atoms with van der Waals surface area (Å²) in [5, 5.41) is 0. The maximum atomic E-state index is 4.64. The quantitative estimate of drug-likeness (QED) is 0.666. The Kier molecular flexibility index (Phi) is 2.92. The van der Waals surface area contributed by atoms with Gasteiger partial charge in [-0.1, -0.05) is 48.0 Å². The third kappa shape index (κ3) is 2.29. The molecule has 0 radical (unpaired) electrons. The first-order valence-electron chi connectivity index (χ1n) is 6.42. The van der Waals surface area contributed by atoms with E-state index in [1.54, 1.807) is 0 Å². The van der Waals surface area contributed by atoms with Crippen LogP contribution in [0.3, 0.4) is 0 Å². The molecule has 0 aliphatic rings. The van der Waals surface area contributed by atoms with Gasteiger partial charge in [-0.2, -0.15) is 0 Å². The van der Waals surface area contributed by atoms with Crippen molar-refractivity contribution in [2.75, 3.05) is 0 Å². The fraction of sp³-hybridized carbons (Fsp3) is 0.118. The number of rotatable bonds is 2. The van der Waals surface area contributed by atoms with Crippen LogP contribution in [0.1, 0.15) is 11.3 Å². The second kappa shape index (κ2) is 4.73. The van der Waals surface area contributed by atoms with Gasteiger partial charge in [-0.25, -0.2) is 4.98 Å². The summed E-state index contributed by atoms with van der Waals surface area (Å²) >= 11 is 0. The Bertz CT molecular complexity index is 679. The van der Waals surface area contributed by atoms with E-state index in [0.29, 0.717) is 0 Å². The van der Waals surface area contributed by atoms with Crippen molar-refractivity contribution in [1.82, 2.24) is 9.55 Å². The van der Waals surface area contributed by atoms with Crippen LogP contribution in [0, 0.1) is 13.8 Å². The number of aryl methyl sites for hydroxylation is 2. The lowest BCUT2D eigenvalue weighted by Gasteiger charge is -2.08. The van der Waals surface area contributed by atoms with Crippen molar-refractivity contribution in [2.24, 2.45) is 0 Å². The fourth-order valence-corrected chi connectivity index (χ4v) is 2.19. The van der Waals surface area contributed by atoms with Crippen LogP contribution in [0.25, 0.3) is 17.1 Å². The highest BCUT2D eigenvalue weighted by molar-refractivity contribution is 5.59. The molecule has 0 amide bonds. The Morgan fingerprint density at radius 2 is 1.53 bits per heavy atom. The molecule has 0 aliphatic heterocycles. The monoisotopic (exact) mass is 248 g/mol. The zero-order valence-corrected chi connectivity index (χ0v) is 11.2. The zero-order chi connectivity index (χ0) is 13.2. The van der Waals surface area contributed by atoms with Crippen LogP contribution >= 0.6 is 0 Å². The molecule has 0 atom stereocenters. The molecule has 0 aliphatic carbocycles. The molecular formula is C17H16N2. The van der Waals surface area contributed by atoms with Crippen LogP contribution in [0.4, 0.5) is 0 Å². The summed E-state index contributed by atoms with van der Waals surface area (Å²) in [6.45, 7) is 4.12. The lowest BCUT2D eigenvalue weighted by Crippen LogP contribution is -1.95. The lowest BCUT2D eigenvalue weighted by molar-refractivity contribution is 1.07. The van der Waals surface area contributed by atoms with E-state index in [1.807, 2.05) is 25.1 Å². The van der Waals surface area contributed by atoms with Gasteiger partial charge in [0, 0.05) is 17.4 Å². The van der Waals surface area contributed by atoms with Gasteiger partial charge in [0.25, 0.3) is 0 Å². The molecule has 3 rings (SSSR count). The maximum Gasteiger partial charge on any atom is 0.144 e. The third-order valence-corrected chi connectivity index (χ3v) is 3.17. The van der Waals surface area contributed by atoms with E-state index < -0.39 is 0 Å². The zero-order valence-electron chi connectivity index (χ0n) is 11.2. The van der Waals surface area contributed by atoms with E-state index in [-0.39, 0.29) is 0 Å². The van der Waals surface area contributed by atoms with Crippen LogP contribution in [0.15, 0.2) is 60.8 Å². The average Bonchev–Trinajstić information content (AvgIpc) is 2.83. The summed E-state index contributed by atoms with van der Waals surface area (Å²) in [5.74, 6) is 0.988. The summed E-state index contributed by atoms with van der Waals surface area (Å²) in [4.78, 5) is 4.64. The minimum absolute atomic E-state index is 0.988. The van der Waals surface area contributed by atoms with Gasteiger partial charge in [0.2, 0.25) is 0 Å². The first-order valence-corrected chi connectivity index (χ1v) is 6.42. The van der Waals surface area contributed by atoms with Gasteiger partial charge >= 0.3 is 0 Å². The minimum atomic E-state index is 0.988. The standard InChI is InChI=1S/C17H16N2/c1-13-8-10-16(11-9-13)19-12-14(2)18-17(19)15-6-4-3-5-7-15/h3-12H,1-2H3. The average molecular weight is 248 g/mol. The number of hydrogen-bond donors (Lipinski definition) is 0. The summed E-state index contributed by atoms with van der Waals surface area (Å²) in [6.07, 6.45) is 2.08. The van der Waals surface area contributed by atoms with Crippen molar-refractivity contribution < 1.29 is 0 Å². The van der Waals surface area contributed by atoms with E-state index in [9.17, 15) is 0 Å². The minimum Gasteiger partial charge on any atom is -0.300 e. The predicted octanol–water partition coefficient (Wildman–Crippen LogP) is 4.16. The topological polar surface area (TPSA) is 17.8 Å². The van der Waals surface area contributed by atoms with Gasteiger partial charge in [0.15, 0.2) is 0 Å². The van der Waals surface area contributed by atoms with Crippen LogP contribution < -0.4 is 0 Å². The fourth-order valence-electron chi connectivity index (χ4n) is 2.19. The third-order valence-electron chi connectivity index (χ3n) is 3.17. The molecule has 2 nitrogen and oxygen atoms in total. The Morgan fingerprint density at radius 3 is 2.21 bits per heavy atom. The van der Waals surface area contributed by atoms with E-state index in [2.05, 4.69) is 59.1 Å². The van der Waals surface area contributed by atoms with E-state index in [0.717, 1.165) is 22.8 Å². The number of aromatic nitrogens is 2. The SMILES string of the molecule is Cc1ccc(-n2cc(C)nc2-c2ccccc2)cc1. The molecule has 0 fully saturated rings. The number of hydrogen-bond acceptors (Lipinski definition) is 1. The molecule has 0 N–H and O–H groups in total. The molecule has 2 heteroatoms. The second-order valence-electron chi connectivity index (χ2n) is 4.78. The maximum absolute atomic E-state index is 4.64. The summed E-state index contributed by atoms with van der Waals surface area (Å²) in [6, 6.07) is 18.8. The van der Waals surface area contributed by atoms with Crippen molar-refractivity contribution in [3.8, 4) is 17.1 Å². The van der Waals surface area contributed by atoms with Crippen molar-refractivity contribution in [3.05, 3.63) is 72.1 Å². The largest absolute Gasteiger partial charge is 0.300 e. The van der Waals surface area contributed by atoms with Gasteiger partial charge in [-0.15, -0.1) is 0 Å². The van der Waals surface area contributed by atoms with Gasteiger partial charge in [-0.05, 0) is 26.0 Å². The normalized spacial score (nSPS) is 10.6. The first-order chi connectivity index (χ1) is 9.24. The van der Waals surface area contributed by atoms with Crippen molar-refractivity contribution >= 4 is 0 Å². The van der Waals surface area contributed by atoms with Gasteiger partial charge in [-0.3, -0.25) is 4.57 Å². The molecule has 0 unspecified atom stereocenters. The highest BCUT2D eigenvalue weighted by atomic mass is 15.1. The molecule has 1 heterocycles. The van der Waals surface area contributed by atoms with Gasteiger partial charge < -0.3 is 0 Å². The molecule has 0 bridgehead atoms. The molecule has 0 saturated heterocycles. The molecule has 19 heavy (non-hydrogen) atoms. The van der Waals surface area contributed by atoms with Crippen molar-refractivity contribution in [2.45, 2.75) is 13.8 Å². The highest BCUT2D eigenvalue weighted by Gasteiger charge is 2.09. The Hall–Kier alpha value is -2.35. The smallest absolute Gasteiger partial charge is 0.144 e. The highest BCUT2D eigenvalue weighted by Crippen LogP contribution is 2.22. The van der Waals surface area contributed by atoms with Crippen LogP contribution in [-0.4, -0.2) is 9.55 Å². The van der Waals surface area contributed by atoms with Crippen molar-refractivity contribution in [3.63, 3.8) is 0 Å². The predicted molar refractivity (Wildman–Crippen MR) is 78.5 cm³/mol. The summed E-state index contributed by atoms with van der Waals surface area (Å²) in [7, 11) is 0. The van der Waals surface area contributed by atoms with E-state index in [1.165, 1.54) is 5.56 Å². The molecule has 0 spiro atoms. The number of imidazole rings is 1. The summed E-state index contributed by atoms with van der Waals surface area (Å²) in [5.41, 5.74) is 4.57. The van der Waals surface area contributed by atoms with Crippen LogP contribution in [0.2, 0.25) is 0 Å². The van der Waals surface area contributed by atoms with E-state index in [4.69, 9.17) is 0 Å². The van der Waals surface area contributed by atoms with Gasteiger partial charge in [0.05, 0.1) is 5.69 Å². The van der Waals surface area contributed by atoms with Crippen molar-refractivity contribution in [1.29, 1.82) is 0 Å². The Morgan fingerprint density at radius 1 is 0.842 bits per heavy atom. The van der Waals surface area contributed by atoms with Gasteiger partial charge in [0.1, 0.15) is 5.82 Å². The van der Waals surface area contributed by atoms with Crippen LogP contribution in [-0.2, 0) is 0 Å². The number of nitrogens with zero attached hydrogens (tertiary/aromatic N) is 2. The molecule has 1 aromatic heterocycles.